The van der Waals surface area contributed by atoms with Gasteiger partial charge in [0.25, 0.3) is 0 Å². The highest BCUT2D eigenvalue weighted by molar-refractivity contribution is 5.59. The molecule has 0 saturated heterocycles. The monoisotopic (exact) mass is 244 g/mol. The first-order valence-corrected chi connectivity index (χ1v) is 6.71. The molecular weight excluding hydrogens is 227 g/mol. The minimum absolute atomic E-state index is 0.326. The molecule has 3 heteroatoms. The van der Waals surface area contributed by atoms with E-state index in [0.29, 0.717) is 5.56 Å². The molecule has 0 N–H and O–H groups in total. The summed E-state index contributed by atoms with van der Waals surface area (Å²) in [5.41, 5.74) is 1.38. The van der Waals surface area contributed by atoms with Crippen LogP contribution in [0.15, 0.2) is 18.2 Å². The highest BCUT2D eigenvalue weighted by atomic mass is 19.1. The number of halogens is 1. The normalized spacial score (nSPS) is 18.4. The van der Waals surface area contributed by atoms with Gasteiger partial charge in [-0.25, -0.2) is 4.39 Å². The van der Waals surface area contributed by atoms with Crippen molar-refractivity contribution in [1.29, 1.82) is 5.26 Å². The second-order valence-electron chi connectivity index (χ2n) is 5.57. The lowest BCUT2D eigenvalue weighted by atomic mass is 10.1. The second-order valence-corrected chi connectivity index (χ2v) is 5.57. The zero-order valence-electron chi connectivity index (χ0n) is 10.4. The maximum Gasteiger partial charge on any atom is 0.124 e. The molecule has 2 nitrogen and oxygen atoms in total. The van der Waals surface area contributed by atoms with Gasteiger partial charge in [0, 0.05) is 13.1 Å². The first kappa shape index (κ1) is 11.5. The summed E-state index contributed by atoms with van der Waals surface area (Å²) in [5.74, 6) is 1.23. The first-order chi connectivity index (χ1) is 8.76. The Morgan fingerprint density at radius 3 is 2.28 bits per heavy atom. The Morgan fingerprint density at radius 2 is 1.78 bits per heavy atom. The van der Waals surface area contributed by atoms with Crippen molar-refractivity contribution in [1.82, 2.24) is 0 Å². The highest BCUT2D eigenvalue weighted by Crippen LogP contribution is 2.36. The van der Waals surface area contributed by atoms with E-state index < -0.39 is 0 Å². The summed E-state index contributed by atoms with van der Waals surface area (Å²) in [7, 11) is 0. The molecule has 1 aromatic rings. The summed E-state index contributed by atoms with van der Waals surface area (Å²) < 4.78 is 13.2. The average molecular weight is 244 g/mol. The number of nitrogens with zero attached hydrogens (tertiary/aromatic N) is 2. The van der Waals surface area contributed by atoms with Gasteiger partial charge < -0.3 is 4.90 Å². The van der Waals surface area contributed by atoms with Gasteiger partial charge in [0.05, 0.1) is 11.3 Å². The highest BCUT2D eigenvalue weighted by Gasteiger charge is 2.30. The van der Waals surface area contributed by atoms with Crippen LogP contribution in [0.1, 0.15) is 31.2 Å². The minimum atomic E-state index is -0.326. The molecule has 2 saturated carbocycles. The van der Waals surface area contributed by atoms with E-state index in [-0.39, 0.29) is 5.82 Å². The quantitative estimate of drug-likeness (QED) is 0.794. The number of benzene rings is 1. The van der Waals surface area contributed by atoms with Crippen LogP contribution in [0.2, 0.25) is 0 Å². The van der Waals surface area contributed by atoms with Crippen LogP contribution in [0.4, 0.5) is 10.1 Å². The maximum atomic E-state index is 13.2. The molecule has 2 aliphatic rings. The molecule has 1 aromatic carbocycles. The van der Waals surface area contributed by atoms with E-state index in [9.17, 15) is 4.39 Å². The summed E-state index contributed by atoms with van der Waals surface area (Å²) in [4.78, 5) is 2.30. The third-order valence-corrected chi connectivity index (χ3v) is 3.77. The molecule has 2 aliphatic carbocycles. The number of rotatable bonds is 5. The second kappa shape index (κ2) is 4.61. The van der Waals surface area contributed by atoms with Gasteiger partial charge in [0.15, 0.2) is 0 Å². The van der Waals surface area contributed by atoms with E-state index in [1.807, 2.05) is 0 Å². The summed E-state index contributed by atoms with van der Waals surface area (Å²) in [6.07, 6.45) is 5.18. The summed E-state index contributed by atoms with van der Waals surface area (Å²) >= 11 is 0. The van der Waals surface area contributed by atoms with Crippen molar-refractivity contribution in [2.45, 2.75) is 25.7 Å². The van der Waals surface area contributed by atoms with E-state index in [0.717, 1.165) is 30.6 Å². The molecule has 0 radical (unpaired) electrons. The predicted octanol–water partition coefficient (Wildman–Crippen LogP) is 3.32. The first-order valence-electron chi connectivity index (χ1n) is 6.71. The van der Waals surface area contributed by atoms with Gasteiger partial charge >= 0.3 is 0 Å². The van der Waals surface area contributed by atoms with Gasteiger partial charge in [-0.15, -0.1) is 0 Å². The van der Waals surface area contributed by atoms with Gasteiger partial charge in [-0.3, -0.25) is 0 Å². The molecule has 18 heavy (non-hydrogen) atoms. The molecule has 2 fully saturated rings. The Kier molecular flexibility index (Phi) is 2.95. The van der Waals surface area contributed by atoms with Gasteiger partial charge in [0.1, 0.15) is 11.9 Å². The van der Waals surface area contributed by atoms with Crippen molar-refractivity contribution in [2.75, 3.05) is 18.0 Å². The van der Waals surface area contributed by atoms with Crippen molar-refractivity contribution >= 4 is 5.69 Å². The van der Waals surface area contributed by atoms with Gasteiger partial charge in [-0.1, -0.05) is 0 Å². The summed E-state index contributed by atoms with van der Waals surface area (Å²) in [6, 6.07) is 6.70. The molecule has 0 heterocycles. The molecular formula is C15H17FN2. The van der Waals surface area contributed by atoms with Crippen LogP contribution in [0, 0.1) is 29.0 Å². The molecule has 94 valence electrons. The van der Waals surface area contributed by atoms with E-state index in [4.69, 9.17) is 5.26 Å². The van der Waals surface area contributed by atoms with E-state index >= 15 is 0 Å². The Hall–Kier alpha value is -1.56. The number of hydrogen-bond donors (Lipinski definition) is 0. The molecule has 0 amide bonds. The van der Waals surface area contributed by atoms with Gasteiger partial charge in [0.2, 0.25) is 0 Å². The molecule has 0 spiro atoms. The molecule has 0 atom stereocenters. The fraction of sp³-hybridized carbons (Fsp3) is 0.533. The predicted molar refractivity (Wildman–Crippen MR) is 68.8 cm³/mol. The van der Waals surface area contributed by atoms with E-state index in [2.05, 4.69) is 11.0 Å². The van der Waals surface area contributed by atoms with Crippen molar-refractivity contribution in [3.05, 3.63) is 29.6 Å². The van der Waals surface area contributed by atoms with Crippen LogP contribution in [0.3, 0.4) is 0 Å². The third-order valence-electron chi connectivity index (χ3n) is 3.77. The fourth-order valence-electron chi connectivity index (χ4n) is 2.37. The van der Waals surface area contributed by atoms with Crippen molar-refractivity contribution in [3.63, 3.8) is 0 Å². The minimum Gasteiger partial charge on any atom is -0.370 e. The molecule has 0 bridgehead atoms. The SMILES string of the molecule is N#Cc1cc(F)ccc1N(CC1CC1)CC1CC1. The van der Waals surface area contributed by atoms with Crippen LogP contribution in [-0.4, -0.2) is 13.1 Å². The maximum absolute atomic E-state index is 13.2. The molecule has 3 rings (SSSR count). The molecule has 0 unspecified atom stereocenters. The molecule has 0 aliphatic heterocycles. The topological polar surface area (TPSA) is 27.0 Å². The zero-order valence-corrected chi connectivity index (χ0v) is 10.4. The van der Waals surface area contributed by atoms with Crippen LogP contribution >= 0.6 is 0 Å². The molecule has 0 aromatic heterocycles. The zero-order chi connectivity index (χ0) is 12.5. The van der Waals surface area contributed by atoms with Crippen LogP contribution in [-0.2, 0) is 0 Å². The number of nitriles is 1. The Morgan fingerprint density at radius 1 is 1.17 bits per heavy atom. The lowest BCUT2D eigenvalue weighted by Gasteiger charge is -2.25. The number of hydrogen-bond acceptors (Lipinski definition) is 2. The van der Waals surface area contributed by atoms with Crippen molar-refractivity contribution in [3.8, 4) is 6.07 Å². The lowest BCUT2D eigenvalue weighted by Crippen LogP contribution is -2.28. The van der Waals surface area contributed by atoms with Crippen LogP contribution in [0.5, 0.6) is 0 Å². The standard InChI is InChI=1S/C15H17FN2/c16-14-5-6-15(13(7-14)8-17)18(9-11-1-2-11)10-12-3-4-12/h5-7,11-12H,1-4,9-10H2. The fourth-order valence-corrected chi connectivity index (χ4v) is 2.37. The Bertz CT molecular complexity index is 470. The summed E-state index contributed by atoms with van der Waals surface area (Å²) in [5, 5.41) is 9.15. The third kappa shape index (κ3) is 2.64. The Balaban J connectivity index is 1.84. The largest absolute Gasteiger partial charge is 0.370 e. The Labute approximate surface area is 107 Å². The van der Waals surface area contributed by atoms with Gasteiger partial charge in [-0.05, 0) is 55.7 Å². The average Bonchev–Trinajstić information content (AvgIpc) is 3.23. The number of anilines is 1. The van der Waals surface area contributed by atoms with Crippen molar-refractivity contribution < 1.29 is 4.39 Å². The van der Waals surface area contributed by atoms with Crippen LogP contribution in [0.25, 0.3) is 0 Å². The summed E-state index contributed by atoms with van der Waals surface area (Å²) in [6.45, 7) is 2.05. The van der Waals surface area contributed by atoms with E-state index in [1.54, 1.807) is 6.07 Å². The van der Waals surface area contributed by atoms with Crippen molar-refractivity contribution in [2.24, 2.45) is 11.8 Å². The lowest BCUT2D eigenvalue weighted by molar-refractivity contribution is 0.625. The van der Waals surface area contributed by atoms with Crippen LogP contribution < -0.4 is 4.90 Å². The smallest absolute Gasteiger partial charge is 0.124 e. The van der Waals surface area contributed by atoms with Gasteiger partial charge in [-0.2, -0.15) is 5.26 Å². The van der Waals surface area contributed by atoms with E-state index in [1.165, 1.54) is 37.8 Å².